The van der Waals surface area contributed by atoms with Gasteiger partial charge in [0.05, 0.1) is 0 Å². The van der Waals surface area contributed by atoms with Crippen molar-refractivity contribution in [2.75, 3.05) is 0 Å². The van der Waals surface area contributed by atoms with Gasteiger partial charge in [0.1, 0.15) is 5.54 Å². The van der Waals surface area contributed by atoms with Crippen molar-refractivity contribution in [3.05, 3.63) is 11.6 Å². The number of amides is 1. The molecule has 0 aromatic heterocycles. The van der Waals surface area contributed by atoms with E-state index in [-0.39, 0.29) is 5.91 Å². The zero-order chi connectivity index (χ0) is 12.2. The van der Waals surface area contributed by atoms with Gasteiger partial charge in [0, 0.05) is 6.08 Å². The molecule has 1 saturated carbocycles. The molecular weight excluding hydrogens is 206 g/mol. The summed E-state index contributed by atoms with van der Waals surface area (Å²) in [4.78, 5) is 22.8. The van der Waals surface area contributed by atoms with Crippen LogP contribution in [0.5, 0.6) is 0 Å². The number of carboxylic acids is 1. The van der Waals surface area contributed by atoms with Gasteiger partial charge in [0.15, 0.2) is 0 Å². The lowest BCUT2D eigenvalue weighted by atomic mass is 9.81. The fourth-order valence-corrected chi connectivity index (χ4v) is 2.08. The maximum Gasteiger partial charge on any atom is 0.329 e. The van der Waals surface area contributed by atoms with Crippen molar-refractivity contribution in [1.29, 1.82) is 0 Å². The first-order valence-electron chi connectivity index (χ1n) is 5.67. The van der Waals surface area contributed by atoms with Crippen LogP contribution in [0.1, 0.15) is 46.0 Å². The molecule has 1 fully saturated rings. The molecule has 1 aliphatic rings. The van der Waals surface area contributed by atoms with Crippen LogP contribution < -0.4 is 5.32 Å². The van der Waals surface area contributed by atoms with E-state index in [2.05, 4.69) is 5.32 Å². The SMILES string of the molecule is CC(C)=CC(=O)NC1(C(=O)O)CCCCC1. The molecule has 1 rings (SSSR count). The molecule has 16 heavy (non-hydrogen) atoms. The Bertz CT molecular complexity index is 310. The molecule has 0 bridgehead atoms. The number of aliphatic carboxylic acids is 1. The molecule has 0 aliphatic heterocycles. The maximum atomic E-state index is 11.6. The molecule has 4 nitrogen and oxygen atoms in total. The molecule has 0 radical (unpaired) electrons. The zero-order valence-electron chi connectivity index (χ0n) is 9.88. The van der Waals surface area contributed by atoms with E-state index in [0.717, 1.165) is 24.8 Å². The Morgan fingerprint density at radius 3 is 2.19 bits per heavy atom. The van der Waals surface area contributed by atoms with E-state index in [1.807, 2.05) is 13.8 Å². The molecule has 0 aromatic rings. The summed E-state index contributed by atoms with van der Waals surface area (Å²) < 4.78 is 0. The van der Waals surface area contributed by atoms with E-state index in [1.54, 1.807) is 0 Å². The minimum absolute atomic E-state index is 0.302. The highest BCUT2D eigenvalue weighted by atomic mass is 16.4. The summed E-state index contributed by atoms with van der Waals surface area (Å²) in [6, 6.07) is 0. The van der Waals surface area contributed by atoms with Crippen LogP contribution in [0.3, 0.4) is 0 Å². The molecule has 1 amide bonds. The van der Waals surface area contributed by atoms with Crippen LogP contribution in [0.2, 0.25) is 0 Å². The lowest BCUT2D eigenvalue weighted by Gasteiger charge is -2.33. The molecule has 0 unspecified atom stereocenters. The maximum absolute atomic E-state index is 11.6. The summed E-state index contributed by atoms with van der Waals surface area (Å²) in [5.74, 6) is -1.22. The highest BCUT2D eigenvalue weighted by molar-refractivity contribution is 5.93. The van der Waals surface area contributed by atoms with Crippen LogP contribution in [0.4, 0.5) is 0 Å². The van der Waals surface area contributed by atoms with Gasteiger partial charge in [-0.2, -0.15) is 0 Å². The van der Waals surface area contributed by atoms with Crippen molar-refractivity contribution < 1.29 is 14.7 Å². The van der Waals surface area contributed by atoms with Gasteiger partial charge in [-0.3, -0.25) is 4.79 Å². The van der Waals surface area contributed by atoms with Crippen molar-refractivity contribution in [1.82, 2.24) is 5.32 Å². The Hall–Kier alpha value is -1.32. The minimum atomic E-state index is -1.04. The van der Waals surface area contributed by atoms with Crippen molar-refractivity contribution in [2.24, 2.45) is 0 Å². The summed E-state index contributed by atoms with van der Waals surface area (Å²) in [7, 11) is 0. The van der Waals surface area contributed by atoms with Crippen LogP contribution in [0.15, 0.2) is 11.6 Å². The molecule has 0 atom stereocenters. The van der Waals surface area contributed by atoms with Gasteiger partial charge >= 0.3 is 5.97 Å². The van der Waals surface area contributed by atoms with Gasteiger partial charge in [0.25, 0.3) is 0 Å². The van der Waals surface area contributed by atoms with E-state index in [0.29, 0.717) is 12.8 Å². The van der Waals surface area contributed by atoms with Gasteiger partial charge in [-0.15, -0.1) is 0 Å². The van der Waals surface area contributed by atoms with Crippen molar-refractivity contribution in [3.8, 4) is 0 Å². The topological polar surface area (TPSA) is 66.4 Å². The second kappa shape index (κ2) is 5.14. The average molecular weight is 225 g/mol. The predicted octanol–water partition coefficient (Wildman–Crippen LogP) is 1.86. The highest BCUT2D eigenvalue weighted by Gasteiger charge is 2.40. The van der Waals surface area contributed by atoms with Crippen LogP contribution in [-0.2, 0) is 9.59 Å². The fraction of sp³-hybridized carbons (Fsp3) is 0.667. The summed E-state index contributed by atoms with van der Waals surface area (Å²) in [5, 5.41) is 11.9. The summed E-state index contributed by atoms with van der Waals surface area (Å²) in [6.07, 6.45) is 5.28. The third kappa shape index (κ3) is 3.08. The Morgan fingerprint density at radius 1 is 1.19 bits per heavy atom. The van der Waals surface area contributed by atoms with E-state index in [4.69, 9.17) is 0 Å². The lowest BCUT2D eigenvalue weighted by molar-refractivity contribution is -0.148. The molecule has 2 N–H and O–H groups in total. The van der Waals surface area contributed by atoms with Gasteiger partial charge in [-0.05, 0) is 26.7 Å². The summed E-state index contributed by atoms with van der Waals surface area (Å²) >= 11 is 0. The predicted molar refractivity (Wildman–Crippen MR) is 61.0 cm³/mol. The molecule has 0 aromatic carbocycles. The highest BCUT2D eigenvalue weighted by Crippen LogP contribution is 2.28. The normalized spacial score (nSPS) is 18.6. The van der Waals surface area contributed by atoms with Crippen molar-refractivity contribution in [3.63, 3.8) is 0 Å². The summed E-state index contributed by atoms with van der Waals surface area (Å²) in [5.41, 5.74) is -0.171. The van der Waals surface area contributed by atoms with Gasteiger partial charge in [-0.1, -0.05) is 24.8 Å². The van der Waals surface area contributed by atoms with Gasteiger partial charge in [-0.25, -0.2) is 4.79 Å². The Labute approximate surface area is 95.7 Å². The molecule has 1 aliphatic carbocycles. The van der Waals surface area contributed by atoms with Crippen LogP contribution in [0.25, 0.3) is 0 Å². The van der Waals surface area contributed by atoms with Crippen LogP contribution >= 0.6 is 0 Å². The van der Waals surface area contributed by atoms with Crippen LogP contribution in [-0.4, -0.2) is 22.5 Å². The first kappa shape index (κ1) is 12.7. The molecule has 0 saturated heterocycles. The molecule has 0 spiro atoms. The van der Waals surface area contributed by atoms with Gasteiger partial charge in [0.2, 0.25) is 5.91 Å². The number of carbonyl (C=O) groups excluding carboxylic acids is 1. The third-order valence-electron chi connectivity index (χ3n) is 2.90. The second-order valence-electron chi connectivity index (χ2n) is 4.66. The Morgan fingerprint density at radius 2 is 1.75 bits per heavy atom. The number of rotatable bonds is 3. The zero-order valence-corrected chi connectivity index (χ0v) is 9.88. The lowest BCUT2D eigenvalue weighted by Crippen LogP contribution is -2.55. The number of nitrogens with one attached hydrogen (secondary N) is 1. The number of allylic oxidation sites excluding steroid dienone is 1. The number of hydrogen-bond acceptors (Lipinski definition) is 2. The second-order valence-corrected chi connectivity index (χ2v) is 4.66. The van der Waals surface area contributed by atoms with E-state index in [9.17, 15) is 14.7 Å². The smallest absolute Gasteiger partial charge is 0.329 e. The molecule has 4 heteroatoms. The number of carboxylic acid groups (broad SMARTS) is 1. The Balaban J connectivity index is 2.75. The van der Waals surface area contributed by atoms with Crippen molar-refractivity contribution >= 4 is 11.9 Å². The largest absolute Gasteiger partial charge is 0.480 e. The first-order chi connectivity index (χ1) is 7.46. The Kier molecular flexibility index (Phi) is 4.10. The van der Waals surface area contributed by atoms with Crippen molar-refractivity contribution in [2.45, 2.75) is 51.5 Å². The fourth-order valence-electron chi connectivity index (χ4n) is 2.08. The number of carbonyl (C=O) groups is 2. The molecule has 90 valence electrons. The molecule has 0 heterocycles. The average Bonchev–Trinajstić information content (AvgIpc) is 2.17. The molecular formula is C12H19NO3. The van der Waals surface area contributed by atoms with Gasteiger partial charge < -0.3 is 10.4 Å². The summed E-state index contributed by atoms with van der Waals surface area (Å²) in [6.45, 7) is 3.63. The number of hydrogen-bond donors (Lipinski definition) is 2. The first-order valence-corrected chi connectivity index (χ1v) is 5.67. The standard InChI is InChI=1S/C12H19NO3/c1-9(2)8-10(14)13-12(11(15)16)6-4-3-5-7-12/h8H,3-7H2,1-2H3,(H,13,14)(H,15,16). The van der Waals surface area contributed by atoms with E-state index < -0.39 is 11.5 Å². The van der Waals surface area contributed by atoms with E-state index >= 15 is 0 Å². The quantitative estimate of drug-likeness (QED) is 0.720. The van der Waals surface area contributed by atoms with Crippen LogP contribution in [0, 0.1) is 0 Å². The van der Waals surface area contributed by atoms with E-state index in [1.165, 1.54) is 6.08 Å². The third-order valence-corrected chi connectivity index (χ3v) is 2.90. The monoisotopic (exact) mass is 225 g/mol. The minimum Gasteiger partial charge on any atom is -0.480 e.